The summed E-state index contributed by atoms with van der Waals surface area (Å²) in [6.45, 7) is 2.67. The van der Waals surface area contributed by atoms with Crippen LogP contribution in [0.25, 0.3) is 6.08 Å². The van der Waals surface area contributed by atoms with Crippen LogP contribution >= 0.6 is 0 Å². The molecule has 0 N–H and O–H groups in total. The summed E-state index contributed by atoms with van der Waals surface area (Å²) in [6.07, 6.45) is 7.45. The Kier molecular flexibility index (Phi) is 5.36. The van der Waals surface area contributed by atoms with E-state index in [0.717, 1.165) is 12.0 Å². The molecule has 0 saturated carbocycles. The molecule has 1 aromatic heterocycles. The van der Waals surface area contributed by atoms with Crippen molar-refractivity contribution in [3.8, 4) is 11.5 Å². The monoisotopic (exact) mass is 300 g/mol. The molecule has 0 radical (unpaired) electrons. The molecule has 2 rings (SSSR count). The van der Waals surface area contributed by atoms with Crippen LogP contribution in [-0.4, -0.2) is 29.3 Å². The summed E-state index contributed by atoms with van der Waals surface area (Å²) in [6, 6.07) is 5.57. The maximum Gasteiger partial charge on any atom is 0.189 e. The minimum Gasteiger partial charge on any atom is -0.493 e. The summed E-state index contributed by atoms with van der Waals surface area (Å²) < 4.78 is 12.5. The van der Waals surface area contributed by atoms with Crippen LogP contribution in [-0.2, 0) is 7.05 Å². The molecule has 5 heteroatoms. The highest BCUT2D eigenvalue weighted by molar-refractivity contribution is 6.06. The molecule has 0 fully saturated rings. The van der Waals surface area contributed by atoms with E-state index in [-0.39, 0.29) is 5.78 Å². The number of methoxy groups -OCH3 is 1. The highest BCUT2D eigenvalue weighted by Gasteiger charge is 2.06. The minimum absolute atomic E-state index is 0.0834. The number of hydrogen-bond acceptors (Lipinski definition) is 4. The van der Waals surface area contributed by atoms with E-state index in [2.05, 4.69) is 5.10 Å². The van der Waals surface area contributed by atoms with Gasteiger partial charge in [0.1, 0.15) is 0 Å². The lowest BCUT2D eigenvalue weighted by Crippen LogP contribution is -1.98. The fourth-order valence-corrected chi connectivity index (χ4v) is 1.94. The topological polar surface area (TPSA) is 53.3 Å². The number of benzene rings is 1. The van der Waals surface area contributed by atoms with Gasteiger partial charge in [-0.25, -0.2) is 0 Å². The number of allylic oxidation sites excluding steroid dienone is 1. The predicted molar refractivity (Wildman–Crippen MR) is 85.4 cm³/mol. The first-order valence-electron chi connectivity index (χ1n) is 7.16. The van der Waals surface area contributed by atoms with E-state index in [0.29, 0.717) is 23.7 Å². The van der Waals surface area contributed by atoms with Crippen molar-refractivity contribution in [3.05, 3.63) is 47.8 Å². The molecule has 116 valence electrons. The predicted octanol–water partition coefficient (Wildman–Crippen LogP) is 3.11. The number of carbonyl (C=O) groups excluding carboxylic acids is 1. The van der Waals surface area contributed by atoms with Crippen molar-refractivity contribution in [1.82, 2.24) is 9.78 Å². The molecular formula is C17H20N2O3. The maximum atomic E-state index is 12.0. The van der Waals surface area contributed by atoms with Crippen LogP contribution < -0.4 is 9.47 Å². The molecule has 0 saturated heterocycles. The van der Waals surface area contributed by atoms with Gasteiger partial charge in [0, 0.05) is 13.2 Å². The number of aromatic nitrogens is 2. The number of rotatable bonds is 7. The zero-order valence-corrected chi connectivity index (χ0v) is 13.1. The van der Waals surface area contributed by atoms with Gasteiger partial charge < -0.3 is 9.47 Å². The number of nitrogens with zero attached hydrogens (tertiary/aromatic N) is 2. The Morgan fingerprint density at radius 3 is 2.82 bits per heavy atom. The van der Waals surface area contributed by atoms with Crippen molar-refractivity contribution in [2.45, 2.75) is 13.3 Å². The number of aryl methyl sites for hydroxylation is 1. The first-order chi connectivity index (χ1) is 10.6. The van der Waals surface area contributed by atoms with E-state index >= 15 is 0 Å². The second-order valence-electron chi connectivity index (χ2n) is 4.86. The van der Waals surface area contributed by atoms with Crippen LogP contribution in [0.15, 0.2) is 36.7 Å². The fraction of sp³-hybridized carbons (Fsp3) is 0.294. The van der Waals surface area contributed by atoms with E-state index < -0.39 is 0 Å². The van der Waals surface area contributed by atoms with Crippen molar-refractivity contribution < 1.29 is 14.3 Å². The third kappa shape index (κ3) is 3.97. The zero-order valence-electron chi connectivity index (χ0n) is 13.1. The summed E-state index contributed by atoms with van der Waals surface area (Å²) in [5.41, 5.74) is 1.44. The van der Waals surface area contributed by atoms with E-state index in [1.165, 1.54) is 6.08 Å². The van der Waals surface area contributed by atoms with Crippen LogP contribution in [0.1, 0.15) is 29.3 Å². The molecule has 0 amide bonds. The van der Waals surface area contributed by atoms with E-state index in [1.54, 1.807) is 37.3 Å². The van der Waals surface area contributed by atoms with Gasteiger partial charge in [0.05, 0.1) is 25.5 Å². The van der Waals surface area contributed by atoms with Gasteiger partial charge in [-0.05, 0) is 30.2 Å². The SMILES string of the molecule is CCCOc1cc(C=CC(=O)c2cnn(C)c2)ccc1OC. The number of ether oxygens (including phenoxy) is 2. The molecule has 2 aromatic rings. The van der Waals surface area contributed by atoms with Crippen LogP contribution in [0.4, 0.5) is 0 Å². The summed E-state index contributed by atoms with van der Waals surface area (Å²) in [5.74, 6) is 1.28. The van der Waals surface area contributed by atoms with Crippen LogP contribution in [0.5, 0.6) is 11.5 Å². The van der Waals surface area contributed by atoms with E-state index in [9.17, 15) is 4.79 Å². The number of ketones is 1. The summed E-state index contributed by atoms with van der Waals surface area (Å²) in [4.78, 5) is 12.0. The lowest BCUT2D eigenvalue weighted by atomic mass is 10.1. The molecule has 0 spiro atoms. The van der Waals surface area contributed by atoms with Crippen molar-refractivity contribution >= 4 is 11.9 Å². The van der Waals surface area contributed by atoms with Crippen molar-refractivity contribution in [2.75, 3.05) is 13.7 Å². The van der Waals surface area contributed by atoms with Crippen molar-refractivity contribution in [1.29, 1.82) is 0 Å². The maximum absolute atomic E-state index is 12.0. The van der Waals surface area contributed by atoms with Gasteiger partial charge in [-0.1, -0.05) is 19.1 Å². The Hall–Kier alpha value is -2.56. The Bertz CT molecular complexity index is 674. The Labute approximate surface area is 130 Å². The minimum atomic E-state index is -0.0834. The average Bonchev–Trinajstić information content (AvgIpc) is 2.97. The third-order valence-corrected chi connectivity index (χ3v) is 3.07. The highest BCUT2D eigenvalue weighted by Crippen LogP contribution is 2.28. The van der Waals surface area contributed by atoms with Gasteiger partial charge in [-0.2, -0.15) is 5.10 Å². The highest BCUT2D eigenvalue weighted by atomic mass is 16.5. The fourth-order valence-electron chi connectivity index (χ4n) is 1.94. The van der Waals surface area contributed by atoms with Crippen molar-refractivity contribution in [2.24, 2.45) is 7.05 Å². The summed E-state index contributed by atoms with van der Waals surface area (Å²) in [7, 11) is 3.39. The van der Waals surface area contributed by atoms with Gasteiger partial charge in [0.25, 0.3) is 0 Å². The number of carbonyl (C=O) groups is 1. The van der Waals surface area contributed by atoms with Gasteiger partial charge in [0.15, 0.2) is 17.3 Å². The lowest BCUT2D eigenvalue weighted by Gasteiger charge is -2.10. The van der Waals surface area contributed by atoms with Gasteiger partial charge in [-0.15, -0.1) is 0 Å². The second kappa shape index (κ2) is 7.45. The first-order valence-corrected chi connectivity index (χ1v) is 7.16. The Morgan fingerprint density at radius 1 is 1.36 bits per heavy atom. The molecule has 0 aliphatic rings. The quantitative estimate of drug-likeness (QED) is 0.582. The molecule has 22 heavy (non-hydrogen) atoms. The lowest BCUT2D eigenvalue weighted by molar-refractivity contribution is 0.104. The van der Waals surface area contributed by atoms with Gasteiger partial charge in [-0.3, -0.25) is 9.48 Å². The molecule has 0 aliphatic carbocycles. The molecule has 1 aromatic carbocycles. The summed E-state index contributed by atoms with van der Waals surface area (Å²) in [5, 5.41) is 3.99. The molecule has 1 heterocycles. The average molecular weight is 300 g/mol. The molecule has 0 bridgehead atoms. The molecule has 0 atom stereocenters. The smallest absolute Gasteiger partial charge is 0.189 e. The Morgan fingerprint density at radius 2 is 2.18 bits per heavy atom. The van der Waals surface area contributed by atoms with E-state index in [4.69, 9.17) is 9.47 Å². The molecule has 5 nitrogen and oxygen atoms in total. The van der Waals surface area contributed by atoms with Crippen LogP contribution in [0.2, 0.25) is 0 Å². The summed E-state index contributed by atoms with van der Waals surface area (Å²) >= 11 is 0. The van der Waals surface area contributed by atoms with Gasteiger partial charge in [0.2, 0.25) is 0 Å². The standard InChI is InChI=1S/C17H20N2O3/c1-4-9-22-17-10-13(6-8-16(17)21-3)5-7-15(20)14-11-18-19(2)12-14/h5-8,10-12H,4,9H2,1-3H3. The third-order valence-electron chi connectivity index (χ3n) is 3.07. The number of hydrogen-bond donors (Lipinski definition) is 0. The molecule has 0 unspecified atom stereocenters. The Balaban J connectivity index is 2.14. The van der Waals surface area contributed by atoms with Gasteiger partial charge >= 0.3 is 0 Å². The largest absolute Gasteiger partial charge is 0.493 e. The molecular weight excluding hydrogens is 280 g/mol. The van der Waals surface area contributed by atoms with Crippen molar-refractivity contribution in [3.63, 3.8) is 0 Å². The normalized spacial score (nSPS) is 10.9. The van der Waals surface area contributed by atoms with Crippen LogP contribution in [0, 0.1) is 0 Å². The second-order valence-corrected chi connectivity index (χ2v) is 4.86. The van der Waals surface area contributed by atoms with Crippen LogP contribution in [0.3, 0.4) is 0 Å². The first kappa shape index (κ1) is 15.8. The van der Waals surface area contributed by atoms with E-state index in [1.807, 2.05) is 25.1 Å². The molecule has 0 aliphatic heterocycles. The zero-order chi connectivity index (χ0) is 15.9.